The van der Waals surface area contributed by atoms with Crippen LogP contribution in [0.4, 0.5) is 42.2 Å². The van der Waals surface area contributed by atoms with Crippen molar-refractivity contribution >= 4 is 39.6 Å². The number of ether oxygens (including phenoxy) is 1. The number of nitrogen functional groups attached to an aromatic ring is 1. The van der Waals surface area contributed by atoms with Gasteiger partial charge in [-0.15, -0.1) is 0 Å². The van der Waals surface area contributed by atoms with Gasteiger partial charge in [-0.1, -0.05) is 18.2 Å². The molecule has 5 aliphatic heterocycles. The van der Waals surface area contributed by atoms with Gasteiger partial charge in [0.25, 0.3) is 6.08 Å². The number of nitrogens with two attached hydrogens (primary N) is 1. The maximum atomic E-state index is 17.1. The van der Waals surface area contributed by atoms with Crippen molar-refractivity contribution in [1.29, 1.82) is 0 Å². The largest absolute Gasteiger partial charge is 0.461 e. The number of piperazine rings is 1. The Morgan fingerprint density at radius 1 is 1.18 bits per heavy atom. The molecule has 4 saturated heterocycles. The van der Waals surface area contributed by atoms with E-state index in [2.05, 4.69) is 16.9 Å². The van der Waals surface area contributed by atoms with Gasteiger partial charge in [0.15, 0.2) is 5.82 Å². The number of benzene rings is 2. The molecule has 5 aliphatic rings. The minimum absolute atomic E-state index is 0.0314. The Bertz CT molecular complexity index is 1980. The van der Waals surface area contributed by atoms with E-state index in [0.29, 0.717) is 37.3 Å². The summed E-state index contributed by atoms with van der Waals surface area (Å²) in [7, 11) is 0. The van der Waals surface area contributed by atoms with E-state index in [0.717, 1.165) is 32.3 Å². The van der Waals surface area contributed by atoms with Crippen LogP contribution in [0.5, 0.6) is 6.01 Å². The summed E-state index contributed by atoms with van der Waals surface area (Å²) in [5.41, 5.74) is 1.21. The van der Waals surface area contributed by atoms with Crippen molar-refractivity contribution in [3.63, 3.8) is 0 Å². The Hall–Kier alpha value is -3.62. The van der Waals surface area contributed by atoms with E-state index < -0.39 is 57.4 Å². The minimum atomic E-state index is -5.10. The zero-order valence-electron chi connectivity index (χ0n) is 26.4. The zero-order chi connectivity index (χ0) is 34.7. The Labute approximate surface area is 281 Å². The Kier molecular flexibility index (Phi) is 7.44. The predicted octanol–water partition coefficient (Wildman–Crippen LogP) is 7.63. The molecule has 7 nitrogen and oxygen atoms in total. The van der Waals surface area contributed by atoms with Crippen molar-refractivity contribution in [2.24, 2.45) is 0 Å². The quantitative estimate of drug-likeness (QED) is 0.213. The second kappa shape index (κ2) is 11.2. The number of nitrogens with one attached hydrogen (secondary N) is 1. The predicted molar refractivity (Wildman–Crippen MR) is 172 cm³/mol. The summed E-state index contributed by atoms with van der Waals surface area (Å²) in [4.78, 5) is 13.2. The summed E-state index contributed by atoms with van der Waals surface area (Å²) in [6.07, 6.45) is -3.22. The van der Waals surface area contributed by atoms with Crippen molar-refractivity contribution in [3.8, 4) is 17.1 Å². The zero-order valence-corrected chi connectivity index (χ0v) is 27.1. The molecule has 1 unspecified atom stereocenters. The molecule has 2 aromatic carbocycles. The lowest BCUT2D eigenvalue weighted by Crippen LogP contribution is -2.58. The monoisotopic (exact) mass is 708 g/mol. The van der Waals surface area contributed by atoms with Crippen molar-refractivity contribution in [3.05, 3.63) is 57.6 Å². The number of halogens is 8. The number of rotatable bonds is 4. The average Bonchev–Trinajstić information content (AvgIpc) is 3.70. The number of alkyl halides is 3. The second-order valence-electron chi connectivity index (χ2n) is 13.9. The molecule has 49 heavy (non-hydrogen) atoms. The molecule has 0 spiro atoms. The first-order valence-corrected chi connectivity index (χ1v) is 16.6. The maximum Gasteiger partial charge on any atom is 0.417 e. The number of fused-ring (bicyclic) bond motifs is 6. The number of hydrogen-bond acceptors (Lipinski definition) is 7. The molecule has 15 heteroatoms. The van der Waals surface area contributed by atoms with Crippen molar-refractivity contribution in [2.45, 2.75) is 75.3 Å². The van der Waals surface area contributed by atoms with Crippen LogP contribution < -0.4 is 20.7 Å². The molecule has 2 bridgehead atoms. The number of hydrogen-bond donors (Lipinski definition) is 2. The van der Waals surface area contributed by atoms with Crippen LogP contribution in [-0.4, -0.2) is 64.8 Å². The molecule has 6 heterocycles. The lowest BCUT2D eigenvalue weighted by Gasteiger charge is -2.41. The Balaban J connectivity index is 1.35. The fraction of sp³-hybridized carbons (Fsp3) is 0.471. The van der Waals surface area contributed by atoms with Gasteiger partial charge in [0.2, 0.25) is 0 Å². The topological polar surface area (TPSA) is 79.5 Å². The summed E-state index contributed by atoms with van der Waals surface area (Å²) in [5.74, 6) is -2.16. The van der Waals surface area contributed by atoms with Crippen LogP contribution in [-0.2, 0) is 6.18 Å². The van der Waals surface area contributed by atoms with Gasteiger partial charge in [-0.25, -0.2) is 8.78 Å². The number of anilines is 2. The Morgan fingerprint density at radius 2 is 1.96 bits per heavy atom. The van der Waals surface area contributed by atoms with E-state index in [1.165, 1.54) is 0 Å². The van der Waals surface area contributed by atoms with Crippen LogP contribution in [0.25, 0.3) is 27.6 Å². The molecule has 0 aliphatic carbocycles. The van der Waals surface area contributed by atoms with Gasteiger partial charge in [0, 0.05) is 53.5 Å². The third kappa shape index (κ3) is 4.91. The van der Waals surface area contributed by atoms with Crippen LogP contribution in [0.1, 0.15) is 55.2 Å². The molecule has 0 amide bonds. The highest BCUT2D eigenvalue weighted by Gasteiger charge is 2.49. The standard InChI is InChI=1S/C34H32ClF7N6O/c1-14-8-21-20-5-4-17(44-20)12-48(21)31-24-22(14)26(35)23(18-9-19(43)27(36)15(2)25(18)34(40,41)42)28(37)29(24)45-32(46-31)49-13-33-6-3-7-47(33)11-16(10-33)30(38)39/h9,17,20-21,44H,1,3-8,10-13,43H2,2H3/t17-,20?,21-,33+/m1/s1. The van der Waals surface area contributed by atoms with Crippen LogP contribution in [0.3, 0.4) is 0 Å². The van der Waals surface area contributed by atoms with Gasteiger partial charge in [0.05, 0.1) is 27.2 Å². The Morgan fingerprint density at radius 3 is 2.69 bits per heavy atom. The van der Waals surface area contributed by atoms with Gasteiger partial charge in [-0.2, -0.15) is 31.9 Å². The summed E-state index contributed by atoms with van der Waals surface area (Å²) in [6, 6.07) is 0.449. The highest BCUT2D eigenvalue weighted by molar-refractivity contribution is 6.37. The lowest BCUT2D eigenvalue weighted by atomic mass is 9.88. The molecule has 3 N–H and O–H groups in total. The fourth-order valence-corrected chi connectivity index (χ4v) is 9.31. The van der Waals surface area contributed by atoms with E-state index >= 15 is 4.39 Å². The molecule has 4 fully saturated rings. The first-order valence-electron chi connectivity index (χ1n) is 16.2. The van der Waals surface area contributed by atoms with Crippen LogP contribution in [0, 0.1) is 18.6 Å². The fourth-order valence-electron chi connectivity index (χ4n) is 8.89. The highest BCUT2D eigenvalue weighted by atomic mass is 35.5. The highest BCUT2D eigenvalue weighted by Crippen LogP contribution is 2.52. The summed E-state index contributed by atoms with van der Waals surface area (Å²) >= 11 is 6.94. The molecule has 260 valence electrons. The first-order chi connectivity index (χ1) is 23.2. The van der Waals surface area contributed by atoms with Crippen molar-refractivity contribution in [2.75, 3.05) is 36.9 Å². The summed E-state index contributed by atoms with van der Waals surface area (Å²) in [5, 5.41) is 3.44. The van der Waals surface area contributed by atoms with Gasteiger partial charge in [0.1, 0.15) is 23.8 Å². The normalized spacial score (nSPS) is 26.4. The van der Waals surface area contributed by atoms with Crippen LogP contribution in [0.2, 0.25) is 5.02 Å². The van der Waals surface area contributed by atoms with Crippen LogP contribution >= 0.6 is 11.6 Å². The molecule has 1 aromatic heterocycles. The number of aromatic nitrogens is 2. The minimum Gasteiger partial charge on any atom is -0.461 e. The van der Waals surface area contributed by atoms with Gasteiger partial charge < -0.3 is 20.7 Å². The molecule has 8 rings (SSSR count). The molecule has 3 aromatic rings. The smallest absolute Gasteiger partial charge is 0.417 e. The third-order valence-corrected chi connectivity index (χ3v) is 11.5. The lowest BCUT2D eigenvalue weighted by molar-refractivity contribution is -0.137. The first kappa shape index (κ1) is 32.6. The van der Waals surface area contributed by atoms with E-state index in [9.17, 15) is 26.3 Å². The van der Waals surface area contributed by atoms with E-state index in [1.54, 1.807) is 0 Å². The van der Waals surface area contributed by atoms with Gasteiger partial charge >= 0.3 is 12.2 Å². The SMILES string of the molecule is C=C1C[C@@H]2C3CC[C@H](CN2c2nc(OC[C@@]45CCCN4CC(=C(F)F)C5)nc4c(F)c(-c5cc(N)c(F)c(C)c5C(F)(F)F)c(Cl)c1c24)N3. The number of nitrogens with zero attached hydrogens (tertiary/aromatic N) is 4. The van der Waals surface area contributed by atoms with Gasteiger partial charge in [-0.3, -0.25) is 4.90 Å². The molecule has 4 atom stereocenters. The van der Waals surface area contributed by atoms with Crippen molar-refractivity contribution in [1.82, 2.24) is 20.2 Å². The van der Waals surface area contributed by atoms with E-state index in [-0.39, 0.29) is 70.8 Å². The third-order valence-electron chi connectivity index (χ3n) is 11.1. The molecule has 0 saturated carbocycles. The van der Waals surface area contributed by atoms with E-state index in [4.69, 9.17) is 27.1 Å². The second-order valence-corrected chi connectivity index (χ2v) is 14.3. The maximum absolute atomic E-state index is 17.1. The van der Waals surface area contributed by atoms with Gasteiger partial charge in [-0.05, 0) is 69.2 Å². The summed E-state index contributed by atoms with van der Waals surface area (Å²) in [6.45, 7) is 6.36. The molecular formula is C34H32ClF7N6O. The van der Waals surface area contributed by atoms with E-state index in [1.807, 2.05) is 9.80 Å². The van der Waals surface area contributed by atoms with Crippen LogP contribution in [0.15, 0.2) is 24.3 Å². The summed E-state index contributed by atoms with van der Waals surface area (Å²) < 4.78 is 109. The molecule has 0 radical (unpaired) electrons. The van der Waals surface area contributed by atoms with Crippen molar-refractivity contribution < 1.29 is 35.5 Å². The molecular weight excluding hydrogens is 677 g/mol. The average molecular weight is 709 g/mol.